The van der Waals surface area contributed by atoms with Gasteiger partial charge in [0.1, 0.15) is 16.9 Å². The van der Waals surface area contributed by atoms with E-state index in [1.165, 1.54) is 0 Å². The van der Waals surface area contributed by atoms with Gasteiger partial charge >= 0.3 is 5.97 Å². The third-order valence-electron chi connectivity index (χ3n) is 3.82. The zero-order chi connectivity index (χ0) is 19.0. The average Bonchev–Trinajstić information content (AvgIpc) is 2.99. The zero-order valence-electron chi connectivity index (χ0n) is 13.0. The van der Waals surface area contributed by atoms with Crippen molar-refractivity contribution in [3.63, 3.8) is 0 Å². The Morgan fingerprint density at radius 3 is 2.58 bits per heavy atom. The highest BCUT2D eigenvalue weighted by Gasteiger charge is 2.48. The fourth-order valence-electron chi connectivity index (χ4n) is 2.63. The molecule has 2 fully saturated rings. The molecule has 2 heterocycles. The van der Waals surface area contributed by atoms with Gasteiger partial charge < -0.3 is 5.11 Å². The number of carbonyl (C=O) groups excluding carboxylic acids is 3. The molecule has 1 aromatic rings. The predicted octanol–water partition coefficient (Wildman–Crippen LogP) is 1.75. The third kappa shape index (κ3) is 3.50. The number of thiocarbonyl (C=S) groups is 1. The molecule has 134 valence electrons. The summed E-state index contributed by atoms with van der Waals surface area (Å²) in [5, 5.41) is 9.37. The van der Waals surface area contributed by atoms with Crippen molar-refractivity contribution in [2.24, 2.45) is 0 Å². The molecule has 1 aromatic carbocycles. The number of carboxylic acid groups (broad SMARTS) is 1. The number of nitrogens with zero attached hydrogens (tertiary/aromatic N) is 2. The second kappa shape index (κ2) is 7.18. The molecule has 0 bridgehead atoms. The molecule has 26 heavy (non-hydrogen) atoms. The van der Waals surface area contributed by atoms with Crippen molar-refractivity contribution in [1.29, 1.82) is 0 Å². The monoisotopic (exact) mass is 410 g/mol. The number of thioether (sulfide) groups is 1. The fourth-order valence-corrected chi connectivity index (χ4v) is 4.11. The number of benzene rings is 1. The number of rotatable bonds is 4. The molecule has 7 nitrogen and oxygen atoms in total. The molecule has 0 unspecified atom stereocenters. The number of hydrogen-bond acceptors (Lipinski definition) is 6. The van der Waals surface area contributed by atoms with E-state index >= 15 is 0 Å². The van der Waals surface area contributed by atoms with Crippen molar-refractivity contribution in [1.82, 2.24) is 9.80 Å². The first-order valence-corrected chi connectivity index (χ1v) is 8.97. The van der Waals surface area contributed by atoms with Crippen LogP contribution in [0, 0.1) is 0 Å². The molecule has 1 N–H and O–H groups in total. The van der Waals surface area contributed by atoms with E-state index in [0.717, 1.165) is 22.2 Å². The van der Waals surface area contributed by atoms with E-state index in [4.69, 9.17) is 28.9 Å². The third-order valence-corrected chi connectivity index (χ3v) is 5.40. The summed E-state index contributed by atoms with van der Waals surface area (Å²) < 4.78 is 0.151. The Kier molecular flexibility index (Phi) is 5.12. The van der Waals surface area contributed by atoms with Crippen LogP contribution in [0.5, 0.6) is 0 Å². The van der Waals surface area contributed by atoms with Crippen LogP contribution in [-0.4, -0.2) is 55.5 Å². The summed E-state index contributed by atoms with van der Waals surface area (Å²) in [6.45, 7) is -0.733. The topological polar surface area (TPSA) is 95.0 Å². The predicted molar refractivity (Wildman–Crippen MR) is 99.2 cm³/mol. The Balaban J connectivity index is 1.83. The molecule has 2 saturated heterocycles. The highest BCUT2D eigenvalue weighted by Crippen LogP contribution is 2.36. The maximum atomic E-state index is 12.7. The first-order chi connectivity index (χ1) is 12.3. The molecule has 2 aliphatic heterocycles. The molecule has 2 aliphatic rings. The minimum absolute atomic E-state index is 0.151. The van der Waals surface area contributed by atoms with E-state index in [1.54, 1.807) is 30.3 Å². The molecular weight excluding hydrogens is 400 g/mol. The van der Waals surface area contributed by atoms with Crippen molar-refractivity contribution in [3.05, 3.63) is 39.8 Å². The van der Waals surface area contributed by atoms with Gasteiger partial charge in [0.25, 0.3) is 11.8 Å². The lowest BCUT2D eigenvalue weighted by Crippen LogP contribution is -2.45. The van der Waals surface area contributed by atoms with Gasteiger partial charge in [0.2, 0.25) is 5.91 Å². The van der Waals surface area contributed by atoms with Gasteiger partial charge in [0.05, 0.1) is 11.3 Å². The second-order valence-electron chi connectivity index (χ2n) is 5.54. The number of aliphatic carboxylic acids is 1. The Bertz CT molecular complexity index is 868. The summed E-state index contributed by atoms with van der Waals surface area (Å²) >= 11 is 12.0. The van der Waals surface area contributed by atoms with Crippen LogP contribution in [0.2, 0.25) is 5.02 Å². The van der Waals surface area contributed by atoms with Gasteiger partial charge in [-0.2, -0.15) is 0 Å². The van der Waals surface area contributed by atoms with E-state index < -0.39 is 36.3 Å². The number of carbonyl (C=O) groups is 4. The number of likely N-dealkylation sites (tertiary alicyclic amines) is 1. The molecule has 10 heteroatoms. The van der Waals surface area contributed by atoms with E-state index in [2.05, 4.69) is 0 Å². The molecule has 3 rings (SSSR count). The lowest BCUT2D eigenvalue weighted by molar-refractivity contribution is -0.149. The second-order valence-corrected chi connectivity index (χ2v) is 7.65. The van der Waals surface area contributed by atoms with Crippen LogP contribution in [0.1, 0.15) is 12.0 Å². The minimum Gasteiger partial charge on any atom is -0.480 e. The number of hydrogen-bond donors (Lipinski definition) is 1. The average molecular weight is 411 g/mol. The van der Waals surface area contributed by atoms with Gasteiger partial charge in [0.15, 0.2) is 0 Å². The van der Waals surface area contributed by atoms with Crippen LogP contribution in [0.15, 0.2) is 29.2 Å². The van der Waals surface area contributed by atoms with Crippen LogP contribution in [0.4, 0.5) is 0 Å². The normalized spacial score (nSPS) is 22.0. The summed E-state index contributed by atoms with van der Waals surface area (Å²) in [5.41, 5.74) is 0.733. The summed E-state index contributed by atoms with van der Waals surface area (Å²) in [6.07, 6.45) is 1.33. The van der Waals surface area contributed by atoms with Crippen LogP contribution >= 0.6 is 35.6 Å². The van der Waals surface area contributed by atoms with Crippen molar-refractivity contribution in [3.8, 4) is 0 Å². The number of imide groups is 1. The first kappa shape index (κ1) is 18.6. The Morgan fingerprint density at radius 2 is 1.96 bits per heavy atom. The SMILES string of the molecule is O=C(O)CN1C(=O)C[C@H](N2C(=O)/C(=C/c3ccc(Cl)cc3)SC2=S)C1=O. The molecular formula is C16H11ClN2O5S2. The van der Waals surface area contributed by atoms with Crippen LogP contribution in [0.25, 0.3) is 6.08 Å². The number of carboxylic acids is 1. The quantitative estimate of drug-likeness (QED) is 0.459. The number of amides is 3. The minimum atomic E-state index is -1.31. The van der Waals surface area contributed by atoms with Crippen LogP contribution < -0.4 is 0 Å². The van der Waals surface area contributed by atoms with Gasteiger partial charge in [-0.3, -0.25) is 29.0 Å². The smallest absolute Gasteiger partial charge is 0.323 e. The fraction of sp³-hybridized carbons (Fsp3) is 0.188. The Morgan fingerprint density at radius 1 is 1.31 bits per heavy atom. The van der Waals surface area contributed by atoms with Crippen LogP contribution in [0.3, 0.4) is 0 Å². The summed E-state index contributed by atoms with van der Waals surface area (Å²) in [4.78, 5) is 49.8. The molecule has 0 aliphatic carbocycles. The molecule has 0 spiro atoms. The maximum absolute atomic E-state index is 12.7. The Hall–Kier alpha value is -2.23. The lowest BCUT2D eigenvalue weighted by atomic mass is 10.2. The maximum Gasteiger partial charge on any atom is 0.323 e. The van der Waals surface area contributed by atoms with Gasteiger partial charge in [-0.1, -0.05) is 47.7 Å². The number of halogens is 1. The largest absolute Gasteiger partial charge is 0.480 e. The highest BCUT2D eigenvalue weighted by atomic mass is 35.5. The van der Waals surface area contributed by atoms with Crippen LogP contribution in [-0.2, 0) is 19.2 Å². The van der Waals surface area contributed by atoms with Gasteiger partial charge in [-0.15, -0.1) is 0 Å². The summed E-state index contributed by atoms with van der Waals surface area (Å²) in [7, 11) is 0. The van der Waals surface area contributed by atoms with E-state index in [9.17, 15) is 19.2 Å². The van der Waals surface area contributed by atoms with Gasteiger partial charge in [-0.05, 0) is 23.8 Å². The Labute approximate surface area is 162 Å². The van der Waals surface area contributed by atoms with E-state index in [-0.39, 0.29) is 10.7 Å². The summed E-state index contributed by atoms with van der Waals surface area (Å²) in [6, 6.07) is 5.71. The van der Waals surface area contributed by atoms with Crippen molar-refractivity contribution < 1.29 is 24.3 Å². The molecule has 0 saturated carbocycles. The summed E-state index contributed by atoms with van der Waals surface area (Å²) in [5.74, 6) is -3.17. The standard InChI is InChI=1S/C16H11ClN2O5S2/c17-9-3-1-8(2-4-9)5-11-15(24)19(16(25)26-11)10-6-12(20)18(14(10)23)7-13(21)22/h1-5,10H,6-7H2,(H,21,22)/b11-5-/t10-/m0/s1. The highest BCUT2D eigenvalue weighted by molar-refractivity contribution is 8.26. The van der Waals surface area contributed by atoms with Crippen molar-refractivity contribution in [2.75, 3.05) is 6.54 Å². The van der Waals surface area contributed by atoms with Gasteiger partial charge in [0, 0.05) is 5.02 Å². The first-order valence-electron chi connectivity index (χ1n) is 7.36. The molecule has 3 amide bonds. The molecule has 1 atom stereocenters. The van der Waals surface area contributed by atoms with Crippen molar-refractivity contribution in [2.45, 2.75) is 12.5 Å². The molecule has 0 radical (unpaired) electrons. The van der Waals surface area contributed by atoms with Gasteiger partial charge in [-0.25, -0.2) is 0 Å². The zero-order valence-corrected chi connectivity index (χ0v) is 15.4. The van der Waals surface area contributed by atoms with Crippen molar-refractivity contribution >= 4 is 69.7 Å². The van der Waals surface area contributed by atoms with E-state index in [1.807, 2.05) is 0 Å². The lowest BCUT2D eigenvalue weighted by Gasteiger charge is -2.20. The molecule has 0 aromatic heterocycles. The van der Waals surface area contributed by atoms with E-state index in [0.29, 0.717) is 14.8 Å².